The third-order valence-electron chi connectivity index (χ3n) is 1.35. The number of aliphatic hydroxyl groups excluding tert-OH is 1. The minimum absolute atomic E-state index is 0. The molecule has 2 atom stereocenters. The zero-order chi connectivity index (χ0) is 10.6. The maximum absolute atomic E-state index is 10.3. The first-order chi connectivity index (χ1) is 5.86. The third-order valence-corrected chi connectivity index (χ3v) is 1.35. The van der Waals surface area contributed by atoms with Crippen molar-refractivity contribution in [2.24, 2.45) is 5.92 Å². The number of hydrogen-bond donors (Lipinski definition) is 4. The summed E-state index contributed by atoms with van der Waals surface area (Å²) in [6.45, 7) is 0. The van der Waals surface area contributed by atoms with Gasteiger partial charge in [0.25, 0.3) is 0 Å². The molecule has 0 aliphatic heterocycles. The zero-order valence-electron chi connectivity index (χ0n) is 6.38. The number of carboxylic acids is 3. The third kappa shape index (κ3) is 5.68. The number of carbonyl (C=O) groups is 3. The Hall–Kier alpha value is 0.00636. The Labute approximate surface area is 121 Å². The predicted molar refractivity (Wildman–Crippen MR) is 44.2 cm³/mol. The fourth-order valence-corrected chi connectivity index (χ4v) is 0.694. The normalized spacial score (nSPS) is 13.5. The summed E-state index contributed by atoms with van der Waals surface area (Å²) in [6, 6.07) is 0. The summed E-state index contributed by atoms with van der Waals surface area (Å²) in [4.78, 5) is 30.5. The molecule has 0 heterocycles. The summed E-state index contributed by atoms with van der Waals surface area (Å²) in [5, 5.41) is 33.5. The van der Waals surface area contributed by atoms with Gasteiger partial charge >= 0.3 is 69.3 Å². The molecule has 76 valence electrons. The van der Waals surface area contributed by atoms with Crippen LogP contribution in [-0.4, -0.2) is 95.8 Å². The second kappa shape index (κ2) is 7.32. The van der Waals surface area contributed by atoms with Crippen LogP contribution in [0, 0.1) is 5.92 Å². The molecule has 0 aliphatic carbocycles. The minimum atomic E-state index is -2.20. The van der Waals surface area contributed by atoms with E-state index in [0.29, 0.717) is 0 Å². The van der Waals surface area contributed by atoms with Crippen LogP contribution in [0.5, 0.6) is 0 Å². The number of rotatable bonds is 5. The van der Waals surface area contributed by atoms with Crippen LogP contribution in [-0.2, 0) is 14.4 Å². The van der Waals surface area contributed by atoms with Crippen molar-refractivity contribution in [1.29, 1.82) is 0 Å². The monoisotopic (exact) mass is 232 g/mol. The van der Waals surface area contributed by atoms with Gasteiger partial charge in [-0.05, 0) is 0 Å². The molecule has 0 aromatic carbocycles. The first kappa shape index (κ1) is 16.4. The fourth-order valence-electron chi connectivity index (χ4n) is 0.694. The van der Waals surface area contributed by atoms with E-state index in [-0.39, 0.29) is 51.4 Å². The first-order valence-electron chi connectivity index (χ1n) is 3.21. The van der Waals surface area contributed by atoms with Gasteiger partial charge in [0.05, 0.1) is 6.42 Å². The summed E-state index contributed by atoms with van der Waals surface area (Å²) in [6.07, 6.45) is -3.13. The van der Waals surface area contributed by atoms with Crippen molar-refractivity contribution in [2.75, 3.05) is 0 Å². The summed E-state index contributed by atoms with van der Waals surface area (Å²) in [5.41, 5.74) is 0. The van der Waals surface area contributed by atoms with E-state index in [1.54, 1.807) is 0 Å². The van der Waals surface area contributed by atoms with E-state index in [9.17, 15) is 14.4 Å². The average Bonchev–Trinajstić information content (AvgIpc) is 1.97. The van der Waals surface area contributed by atoms with Gasteiger partial charge < -0.3 is 20.4 Å². The van der Waals surface area contributed by atoms with E-state index in [0.717, 1.165) is 0 Å². The molecule has 0 saturated carbocycles. The van der Waals surface area contributed by atoms with Crippen molar-refractivity contribution in [2.45, 2.75) is 12.5 Å². The average molecular weight is 232 g/mol. The molecule has 2 unspecified atom stereocenters. The van der Waals surface area contributed by atoms with Crippen LogP contribution in [0.25, 0.3) is 0 Å². The Morgan fingerprint density at radius 3 is 1.64 bits per heavy atom. The SMILES string of the molecule is O=C(O)CC(C(=O)O)C(O)C(=O)O.[KH]. The van der Waals surface area contributed by atoms with Crippen LogP contribution in [0.1, 0.15) is 6.42 Å². The fraction of sp³-hybridized carbons (Fsp3) is 0.500. The molecule has 0 aromatic heterocycles. The van der Waals surface area contributed by atoms with Crippen molar-refractivity contribution >= 4 is 69.3 Å². The van der Waals surface area contributed by atoms with Gasteiger partial charge in [-0.3, -0.25) is 9.59 Å². The second-order valence-electron chi connectivity index (χ2n) is 2.33. The van der Waals surface area contributed by atoms with Gasteiger partial charge in [0.1, 0.15) is 5.92 Å². The van der Waals surface area contributed by atoms with Crippen molar-refractivity contribution in [3.8, 4) is 0 Å². The van der Waals surface area contributed by atoms with Gasteiger partial charge in [0.2, 0.25) is 0 Å². The van der Waals surface area contributed by atoms with Crippen molar-refractivity contribution in [1.82, 2.24) is 0 Å². The Morgan fingerprint density at radius 2 is 1.43 bits per heavy atom. The number of carboxylic acid groups (broad SMARTS) is 3. The molecule has 8 heteroatoms. The van der Waals surface area contributed by atoms with E-state index in [1.807, 2.05) is 0 Å². The zero-order valence-corrected chi connectivity index (χ0v) is 6.38. The number of aliphatic carboxylic acids is 3. The summed E-state index contributed by atoms with van der Waals surface area (Å²) >= 11 is 0. The Balaban J connectivity index is 0. The molecular weight excluding hydrogens is 223 g/mol. The number of hydrogen-bond acceptors (Lipinski definition) is 4. The van der Waals surface area contributed by atoms with Crippen LogP contribution in [0.15, 0.2) is 0 Å². The van der Waals surface area contributed by atoms with Gasteiger partial charge in [-0.2, -0.15) is 0 Å². The van der Waals surface area contributed by atoms with Crippen LogP contribution >= 0.6 is 0 Å². The maximum atomic E-state index is 10.3. The van der Waals surface area contributed by atoms with Gasteiger partial charge in [0.15, 0.2) is 6.10 Å². The molecule has 0 aliphatic rings. The second-order valence-corrected chi connectivity index (χ2v) is 2.33. The van der Waals surface area contributed by atoms with Gasteiger partial charge in [0, 0.05) is 0 Å². The van der Waals surface area contributed by atoms with E-state index in [2.05, 4.69) is 0 Å². The van der Waals surface area contributed by atoms with Crippen molar-refractivity contribution < 1.29 is 34.8 Å². The molecule has 0 bridgehead atoms. The quantitative estimate of drug-likeness (QED) is 0.401. The molecular formula is C6H9KO7. The Bertz CT molecular complexity index is 238. The van der Waals surface area contributed by atoms with Gasteiger partial charge in [-0.15, -0.1) is 0 Å². The molecule has 0 saturated heterocycles. The van der Waals surface area contributed by atoms with E-state index in [1.165, 1.54) is 0 Å². The summed E-state index contributed by atoms with van der Waals surface area (Å²) < 4.78 is 0. The molecule has 0 radical (unpaired) electrons. The Kier molecular flexibility index (Phi) is 8.59. The molecule has 0 spiro atoms. The Morgan fingerprint density at radius 1 is 1.00 bits per heavy atom. The predicted octanol–water partition coefficient (Wildman–Crippen LogP) is -2.04. The van der Waals surface area contributed by atoms with E-state index < -0.39 is 36.4 Å². The van der Waals surface area contributed by atoms with E-state index in [4.69, 9.17) is 20.4 Å². The first-order valence-corrected chi connectivity index (χ1v) is 3.21. The van der Waals surface area contributed by atoms with Crippen LogP contribution < -0.4 is 0 Å². The number of aliphatic hydroxyl groups is 1. The topological polar surface area (TPSA) is 132 Å². The molecule has 7 nitrogen and oxygen atoms in total. The van der Waals surface area contributed by atoms with Crippen LogP contribution in [0.3, 0.4) is 0 Å². The van der Waals surface area contributed by atoms with Crippen molar-refractivity contribution in [3.63, 3.8) is 0 Å². The van der Waals surface area contributed by atoms with E-state index >= 15 is 0 Å². The summed E-state index contributed by atoms with van der Waals surface area (Å²) in [7, 11) is 0. The molecule has 4 N–H and O–H groups in total. The van der Waals surface area contributed by atoms with Gasteiger partial charge in [-0.25, -0.2) is 4.79 Å². The van der Waals surface area contributed by atoms with Crippen molar-refractivity contribution in [3.05, 3.63) is 0 Å². The molecule has 0 fully saturated rings. The standard InChI is InChI=1S/C6H8O7.K.H/c7-3(8)1-2(5(10)11)4(9)6(12)13;;/h2,4,9H,1H2,(H,7,8)(H,10,11)(H,12,13);;. The molecule has 14 heavy (non-hydrogen) atoms. The van der Waals surface area contributed by atoms with Gasteiger partial charge in [-0.1, -0.05) is 0 Å². The molecule has 0 aromatic rings. The van der Waals surface area contributed by atoms with Crippen LogP contribution in [0.4, 0.5) is 0 Å². The van der Waals surface area contributed by atoms with Crippen LogP contribution in [0.2, 0.25) is 0 Å². The molecule has 0 rings (SSSR count). The summed E-state index contributed by atoms with van der Waals surface area (Å²) in [5.74, 6) is -6.71. The molecule has 0 amide bonds.